The molecule has 4 aromatic rings. The average molecular weight is 302 g/mol. The molecule has 0 unspecified atom stereocenters. The number of fused-ring (bicyclic) bond motifs is 1. The van der Waals surface area contributed by atoms with Crippen LogP contribution in [0.15, 0.2) is 60.7 Å². The highest BCUT2D eigenvalue weighted by Crippen LogP contribution is 2.34. The monoisotopic (exact) mass is 302 g/mol. The van der Waals surface area contributed by atoms with Crippen LogP contribution < -0.4 is 11.5 Å². The molecular weight excluding hydrogens is 288 g/mol. The van der Waals surface area contributed by atoms with Crippen molar-refractivity contribution in [2.24, 2.45) is 0 Å². The van der Waals surface area contributed by atoms with Crippen LogP contribution in [-0.4, -0.2) is 19.6 Å². The number of hydrogen-bond acceptors (Lipinski definition) is 5. The Hall–Kier alpha value is -3.41. The standard InChI is InChI=1S/C17H14N6/c18-16-20-15-13(11-7-3-1-4-8-11)14(12-9-5-2-6-10-12)22-23(15)17(19)21-16/h1-10H,(H4,18,19,20,21). The predicted molar refractivity (Wildman–Crippen MR) is 90.5 cm³/mol. The van der Waals surface area contributed by atoms with Crippen LogP contribution in [0.3, 0.4) is 0 Å². The number of aromatic nitrogens is 4. The number of anilines is 2. The maximum absolute atomic E-state index is 5.96. The van der Waals surface area contributed by atoms with Crippen LogP contribution in [0, 0.1) is 0 Å². The summed E-state index contributed by atoms with van der Waals surface area (Å²) in [4.78, 5) is 8.33. The van der Waals surface area contributed by atoms with Crippen molar-refractivity contribution in [2.45, 2.75) is 0 Å². The maximum atomic E-state index is 5.96. The lowest BCUT2D eigenvalue weighted by atomic mass is 10.0. The van der Waals surface area contributed by atoms with Crippen LogP contribution in [0.4, 0.5) is 11.9 Å². The summed E-state index contributed by atoms with van der Waals surface area (Å²) in [5.74, 6) is 0.346. The SMILES string of the molecule is Nc1nc(N)n2nc(-c3ccccc3)c(-c3ccccc3)c2n1. The third kappa shape index (κ3) is 2.17. The number of benzene rings is 2. The van der Waals surface area contributed by atoms with Crippen molar-refractivity contribution in [3.8, 4) is 22.4 Å². The number of nitrogens with two attached hydrogens (primary N) is 2. The van der Waals surface area contributed by atoms with Gasteiger partial charge in [0, 0.05) is 5.56 Å². The smallest absolute Gasteiger partial charge is 0.226 e. The summed E-state index contributed by atoms with van der Waals surface area (Å²) in [6.45, 7) is 0. The minimum absolute atomic E-state index is 0.131. The number of rotatable bonds is 2. The molecule has 4 N–H and O–H groups in total. The van der Waals surface area contributed by atoms with Crippen molar-refractivity contribution in [3.05, 3.63) is 60.7 Å². The molecule has 2 aromatic heterocycles. The molecule has 2 heterocycles. The molecule has 0 spiro atoms. The summed E-state index contributed by atoms with van der Waals surface area (Å²) in [5, 5.41) is 4.61. The molecule has 0 amide bonds. The molecular formula is C17H14N6. The lowest BCUT2D eigenvalue weighted by Gasteiger charge is -2.03. The first-order valence-corrected chi connectivity index (χ1v) is 7.16. The van der Waals surface area contributed by atoms with Crippen molar-refractivity contribution in [3.63, 3.8) is 0 Å². The Bertz CT molecular complexity index is 976. The van der Waals surface area contributed by atoms with Gasteiger partial charge in [0.15, 0.2) is 5.65 Å². The van der Waals surface area contributed by atoms with E-state index in [-0.39, 0.29) is 11.9 Å². The van der Waals surface area contributed by atoms with Gasteiger partial charge in [-0.05, 0) is 5.56 Å². The van der Waals surface area contributed by atoms with Crippen molar-refractivity contribution < 1.29 is 0 Å². The maximum Gasteiger partial charge on any atom is 0.226 e. The van der Waals surface area contributed by atoms with Crippen LogP contribution in [0.1, 0.15) is 0 Å². The second-order valence-corrected chi connectivity index (χ2v) is 5.13. The molecule has 0 aliphatic rings. The van der Waals surface area contributed by atoms with Crippen molar-refractivity contribution in [1.82, 2.24) is 19.6 Å². The fraction of sp³-hybridized carbons (Fsp3) is 0. The van der Waals surface area contributed by atoms with Gasteiger partial charge in [0.05, 0.1) is 5.56 Å². The van der Waals surface area contributed by atoms with Crippen LogP contribution >= 0.6 is 0 Å². The van der Waals surface area contributed by atoms with E-state index in [2.05, 4.69) is 15.1 Å². The number of nitrogen functional groups attached to an aromatic ring is 2. The minimum Gasteiger partial charge on any atom is -0.368 e. The van der Waals surface area contributed by atoms with E-state index in [0.717, 1.165) is 22.4 Å². The Morgan fingerprint density at radius 2 is 1.35 bits per heavy atom. The van der Waals surface area contributed by atoms with E-state index in [4.69, 9.17) is 11.5 Å². The number of hydrogen-bond donors (Lipinski definition) is 2. The normalized spacial score (nSPS) is 11.0. The minimum atomic E-state index is 0.131. The predicted octanol–water partition coefficient (Wildman–Crippen LogP) is 2.62. The topological polar surface area (TPSA) is 95.1 Å². The summed E-state index contributed by atoms with van der Waals surface area (Å²) < 4.78 is 1.53. The van der Waals surface area contributed by atoms with Crippen molar-refractivity contribution in [1.29, 1.82) is 0 Å². The van der Waals surface area contributed by atoms with E-state index < -0.39 is 0 Å². The average Bonchev–Trinajstić information content (AvgIpc) is 2.96. The Labute approximate surface area is 132 Å². The molecule has 0 saturated heterocycles. The third-order valence-electron chi connectivity index (χ3n) is 3.64. The second-order valence-electron chi connectivity index (χ2n) is 5.13. The van der Waals surface area contributed by atoms with E-state index in [1.165, 1.54) is 4.52 Å². The molecule has 23 heavy (non-hydrogen) atoms. The first-order valence-electron chi connectivity index (χ1n) is 7.16. The summed E-state index contributed by atoms with van der Waals surface area (Å²) in [5.41, 5.74) is 16.0. The molecule has 6 heteroatoms. The van der Waals surface area contributed by atoms with Gasteiger partial charge in [-0.15, -0.1) is 0 Å². The molecule has 0 aliphatic carbocycles. The van der Waals surface area contributed by atoms with E-state index in [9.17, 15) is 0 Å². The zero-order valence-corrected chi connectivity index (χ0v) is 12.2. The molecule has 0 bridgehead atoms. The summed E-state index contributed by atoms with van der Waals surface area (Å²) >= 11 is 0. The van der Waals surface area contributed by atoms with E-state index in [0.29, 0.717) is 5.65 Å². The van der Waals surface area contributed by atoms with Gasteiger partial charge in [-0.1, -0.05) is 60.7 Å². The van der Waals surface area contributed by atoms with E-state index >= 15 is 0 Å². The molecule has 0 radical (unpaired) electrons. The van der Waals surface area contributed by atoms with Crippen molar-refractivity contribution >= 4 is 17.5 Å². The summed E-state index contributed by atoms with van der Waals surface area (Å²) in [7, 11) is 0. The molecule has 0 saturated carbocycles. The highest BCUT2D eigenvalue weighted by atomic mass is 15.3. The second kappa shape index (κ2) is 5.10. The van der Waals surface area contributed by atoms with Gasteiger partial charge >= 0.3 is 0 Å². The highest BCUT2D eigenvalue weighted by molar-refractivity contribution is 5.91. The summed E-state index contributed by atoms with van der Waals surface area (Å²) in [6, 6.07) is 19.8. The Morgan fingerprint density at radius 3 is 2.00 bits per heavy atom. The third-order valence-corrected chi connectivity index (χ3v) is 3.64. The Balaban J connectivity index is 2.12. The van der Waals surface area contributed by atoms with Crippen LogP contribution in [0.2, 0.25) is 0 Å². The van der Waals surface area contributed by atoms with Crippen molar-refractivity contribution in [2.75, 3.05) is 11.5 Å². The molecule has 2 aromatic carbocycles. The van der Waals surface area contributed by atoms with Crippen LogP contribution in [0.5, 0.6) is 0 Å². The summed E-state index contributed by atoms with van der Waals surface area (Å²) in [6.07, 6.45) is 0. The van der Waals surface area contributed by atoms with Gasteiger partial charge in [-0.3, -0.25) is 0 Å². The lowest BCUT2D eigenvalue weighted by molar-refractivity contribution is 0.918. The van der Waals surface area contributed by atoms with Gasteiger partial charge in [0.1, 0.15) is 5.69 Å². The molecule has 4 rings (SSSR count). The molecule has 0 aliphatic heterocycles. The first-order chi connectivity index (χ1) is 11.2. The van der Waals surface area contributed by atoms with Gasteiger partial charge in [0.2, 0.25) is 11.9 Å². The first kappa shape index (κ1) is 13.3. The van der Waals surface area contributed by atoms with E-state index in [1.54, 1.807) is 0 Å². The molecule has 0 fully saturated rings. The van der Waals surface area contributed by atoms with Gasteiger partial charge < -0.3 is 11.5 Å². The zero-order valence-electron chi connectivity index (χ0n) is 12.2. The van der Waals surface area contributed by atoms with E-state index in [1.807, 2.05) is 60.7 Å². The quantitative estimate of drug-likeness (QED) is 0.593. The highest BCUT2D eigenvalue weighted by Gasteiger charge is 2.19. The fourth-order valence-electron chi connectivity index (χ4n) is 2.64. The molecule has 112 valence electrons. The zero-order chi connectivity index (χ0) is 15.8. The lowest BCUT2D eigenvalue weighted by Crippen LogP contribution is -2.06. The Morgan fingerprint density at radius 1 is 0.739 bits per heavy atom. The van der Waals surface area contributed by atoms with Gasteiger partial charge in [0.25, 0.3) is 0 Å². The largest absolute Gasteiger partial charge is 0.368 e. The fourth-order valence-corrected chi connectivity index (χ4v) is 2.64. The van der Waals surface area contributed by atoms with Crippen LogP contribution in [0.25, 0.3) is 28.0 Å². The van der Waals surface area contributed by atoms with Gasteiger partial charge in [-0.2, -0.15) is 19.6 Å². The van der Waals surface area contributed by atoms with Gasteiger partial charge in [-0.25, -0.2) is 0 Å². The Kier molecular flexibility index (Phi) is 2.94. The number of nitrogens with zero attached hydrogens (tertiary/aromatic N) is 4. The molecule has 6 nitrogen and oxygen atoms in total. The van der Waals surface area contributed by atoms with Crippen LogP contribution in [-0.2, 0) is 0 Å². The molecule has 0 atom stereocenters.